The maximum atomic E-state index is 12.2. The number of rotatable bonds is 8. The highest BCUT2D eigenvalue weighted by molar-refractivity contribution is 6.31. The van der Waals surface area contributed by atoms with Gasteiger partial charge in [-0.3, -0.25) is 5.32 Å². The van der Waals surface area contributed by atoms with Gasteiger partial charge in [-0.05, 0) is 30.2 Å². The number of carboxylic acid groups (broad SMARTS) is 1. The van der Waals surface area contributed by atoms with Crippen LogP contribution in [0.5, 0.6) is 5.75 Å². The molecule has 0 saturated carbocycles. The van der Waals surface area contributed by atoms with Crippen molar-refractivity contribution in [2.24, 2.45) is 0 Å². The minimum atomic E-state index is -1.05. The van der Waals surface area contributed by atoms with E-state index in [1.807, 2.05) is 24.3 Å². The second kappa shape index (κ2) is 11.5. The highest BCUT2D eigenvalue weighted by Crippen LogP contribution is 2.23. The smallest absolute Gasteiger partial charge is 0.407 e. The zero-order valence-corrected chi connectivity index (χ0v) is 18.9. The van der Waals surface area contributed by atoms with Gasteiger partial charge in [0.2, 0.25) is 0 Å². The zero-order valence-electron chi connectivity index (χ0n) is 18.2. The van der Waals surface area contributed by atoms with Crippen molar-refractivity contribution in [3.8, 4) is 11.8 Å². The molecule has 0 spiro atoms. The molecule has 0 fully saturated rings. The quantitative estimate of drug-likeness (QED) is 0.434. The van der Waals surface area contributed by atoms with Crippen molar-refractivity contribution >= 4 is 35.2 Å². The Morgan fingerprint density at radius 2 is 1.94 bits per heavy atom. The van der Waals surface area contributed by atoms with Crippen LogP contribution in [0.4, 0.5) is 21.1 Å². The van der Waals surface area contributed by atoms with Gasteiger partial charge in [-0.25, -0.2) is 19.6 Å². The lowest BCUT2D eigenvalue weighted by atomic mass is 10.1. The first kappa shape index (κ1) is 24.3. The molecule has 0 aliphatic rings. The number of benzene rings is 2. The van der Waals surface area contributed by atoms with E-state index in [2.05, 4.69) is 20.6 Å². The molecular formula is C23H21ClN6O4. The molecule has 3 amide bonds. The van der Waals surface area contributed by atoms with Crippen molar-refractivity contribution in [1.29, 1.82) is 5.26 Å². The van der Waals surface area contributed by atoms with E-state index in [4.69, 9.17) is 21.6 Å². The van der Waals surface area contributed by atoms with E-state index in [9.17, 15) is 14.7 Å². The number of hydrogen-bond donors (Lipinski definition) is 3. The number of nitrogens with one attached hydrogen (secondary N) is 2. The van der Waals surface area contributed by atoms with Crippen LogP contribution in [0.1, 0.15) is 16.8 Å². The summed E-state index contributed by atoms with van der Waals surface area (Å²) >= 11 is 6.37. The molecule has 1 aromatic heterocycles. The van der Waals surface area contributed by atoms with Gasteiger partial charge in [0.1, 0.15) is 11.8 Å². The van der Waals surface area contributed by atoms with Crippen molar-refractivity contribution in [2.45, 2.75) is 13.0 Å². The minimum absolute atomic E-state index is 0.137. The van der Waals surface area contributed by atoms with E-state index in [-0.39, 0.29) is 24.6 Å². The number of carbonyl (C=O) groups excluding carboxylic acids is 1. The Labute approximate surface area is 200 Å². The number of anilines is 2. The Morgan fingerprint density at radius 3 is 2.59 bits per heavy atom. The highest BCUT2D eigenvalue weighted by Gasteiger charge is 2.16. The summed E-state index contributed by atoms with van der Waals surface area (Å²) in [6.45, 7) is 0.396. The number of para-hydroxylation sites is 1. The molecule has 0 unspecified atom stereocenters. The van der Waals surface area contributed by atoms with Gasteiger partial charge in [-0.1, -0.05) is 35.9 Å². The van der Waals surface area contributed by atoms with Gasteiger partial charge in [0, 0.05) is 22.8 Å². The lowest BCUT2D eigenvalue weighted by molar-refractivity contribution is 0.142. The van der Waals surface area contributed by atoms with Crippen LogP contribution < -0.4 is 15.4 Å². The first-order chi connectivity index (χ1) is 16.4. The van der Waals surface area contributed by atoms with Crippen molar-refractivity contribution in [3.05, 3.63) is 76.7 Å². The Bertz CT molecular complexity index is 1210. The molecule has 3 aromatic rings. The third-order valence-electron chi connectivity index (χ3n) is 4.79. The van der Waals surface area contributed by atoms with Gasteiger partial charge in [-0.15, -0.1) is 0 Å². The summed E-state index contributed by atoms with van der Waals surface area (Å²) in [6.07, 6.45) is 1.85. The van der Waals surface area contributed by atoms with Gasteiger partial charge >= 0.3 is 12.1 Å². The predicted molar refractivity (Wildman–Crippen MR) is 126 cm³/mol. The van der Waals surface area contributed by atoms with Crippen LogP contribution in [0, 0.1) is 11.3 Å². The van der Waals surface area contributed by atoms with Crippen molar-refractivity contribution in [1.82, 2.24) is 14.9 Å². The summed E-state index contributed by atoms with van der Waals surface area (Å²) in [7, 11) is 1.54. The molecule has 3 N–H and O–H groups in total. The Kier molecular flexibility index (Phi) is 8.21. The van der Waals surface area contributed by atoms with Crippen molar-refractivity contribution in [3.63, 3.8) is 0 Å². The Hall–Kier alpha value is -4.36. The number of hydrogen-bond acceptors (Lipinski definition) is 6. The summed E-state index contributed by atoms with van der Waals surface area (Å²) in [6, 6.07) is 13.5. The number of halogens is 1. The van der Waals surface area contributed by atoms with E-state index >= 15 is 0 Å². The number of aromatic nitrogens is 2. The van der Waals surface area contributed by atoms with Crippen LogP contribution in [0.2, 0.25) is 5.02 Å². The molecule has 3 rings (SSSR count). The molecule has 34 heavy (non-hydrogen) atoms. The first-order valence-electron chi connectivity index (χ1n) is 10.1. The summed E-state index contributed by atoms with van der Waals surface area (Å²) in [5.41, 5.74) is 2.07. The van der Waals surface area contributed by atoms with Gasteiger partial charge in [0.15, 0.2) is 11.5 Å². The molecule has 0 radical (unpaired) electrons. The molecule has 174 valence electrons. The molecule has 0 bridgehead atoms. The molecule has 0 aliphatic carbocycles. The van der Waals surface area contributed by atoms with Gasteiger partial charge in [0.05, 0.1) is 26.0 Å². The van der Waals surface area contributed by atoms with Crippen molar-refractivity contribution < 1.29 is 19.4 Å². The lowest BCUT2D eigenvalue weighted by Gasteiger charge is -2.21. The fraction of sp³-hybridized carbons (Fsp3) is 0.174. The average molecular weight is 481 g/mol. The summed E-state index contributed by atoms with van der Waals surface area (Å²) < 4.78 is 5.30. The number of carbonyl (C=O) groups is 2. The second-order valence-corrected chi connectivity index (χ2v) is 7.46. The van der Waals surface area contributed by atoms with Crippen LogP contribution in [-0.2, 0) is 13.0 Å². The van der Waals surface area contributed by atoms with Crippen LogP contribution in [0.3, 0.4) is 0 Å². The van der Waals surface area contributed by atoms with E-state index in [1.165, 1.54) is 24.4 Å². The van der Waals surface area contributed by atoms with Crippen molar-refractivity contribution in [2.75, 3.05) is 24.3 Å². The number of urea groups is 1. The number of methoxy groups -OCH3 is 1. The number of nitriles is 1. The topological polar surface area (TPSA) is 140 Å². The molecule has 2 aromatic carbocycles. The highest BCUT2D eigenvalue weighted by atomic mass is 35.5. The molecule has 10 nitrogen and oxygen atoms in total. The Morgan fingerprint density at radius 1 is 1.15 bits per heavy atom. The fourth-order valence-electron chi connectivity index (χ4n) is 3.09. The molecular weight excluding hydrogens is 460 g/mol. The number of nitrogens with zero attached hydrogens (tertiary/aromatic N) is 4. The molecule has 0 aliphatic heterocycles. The maximum Gasteiger partial charge on any atom is 0.407 e. The lowest BCUT2D eigenvalue weighted by Crippen LogP contribution is -2.31. The molecule has 1 heterocycles. The minimum Gasteiger partial charge on any atom is -0.496 e. The SMILES string of the molecule is COc1ccccc1CN(CCc1ccc(NC(=O)Nc2cnc(C#N)cn2)cc1Cl)C(=O)O. The molecule has 0 atom stereocenters. The second-order valence-electron chi connectivity index (χ2n) is 7.05. The van der Waals surface area contributed by atoms with Crippen LogP contribution in [0.25, 0.3) is 0 Å². The van der Waals surface area contributed by atoms with E-state index in [1.54, 1.807) is 24.3 Å². The van der Waals surface area contributed by atoms with E-state index < -0.39 is 12.1 Å². The predicted octanol–water partition coefficient (Wildman–Crippen LogP) is 4.38. The van der Waals surface area contributed by atoms with Crippen LogP contribution in [-0.4, -0.2) is 45.8 Å². The first-order valence-corrected chi connectivity index (χ1v) is 10.5. The van der Waals surface area contributed by atoms with Crippen LogP contribution in [0.15, 0.2) is 54.9 Å². The summed E-state index contributed by atoms with van der Waals surface area (Å²) in [4.78, 5) is 32.9. The van der Waals surface area contributed by atoms with Gasteiger partial charge in [0.25, 0.3) is 0 Å². The average Bonchev–Trinajstić information content (AvgIpc) is 2.83. The molecule has 11 heteroatoms. The van der Waals surface area contributed by atoms with Gasteiger partial charge in [-0.2, -0.15) is 5.26 Å². The third-order valence-corrected chi connectivity index (χ3v) is 5.15. The Balaban J connectivity index is 1.59. The number of ether oxygens (including phenoxy) is 1. The summed E-state index contributed by atoms with van der Waals surface area (Å²) in [5.74, 6) is 0.801. The van der Waals surface area contributed by atoms with E-state index in [0.29, 0.717) is 22.9 Å². The fourth-order valence-corrected chi connectivity index (χ4v) is 3.37. The van der Waals surface area contributed by atoms with Crippen LogP contribution >= 0.6 is 11.6 Å². The summed E-state index contributed by atoms with van der Waals surface area (Å²) in [5, 5.41) is 23.9. The largest absolute Gasteiger partial charge is 0.496 e. The third kappa shape index (κ3) is 6.57. The zero-order chi connectivity index (χ0) is 24.5. The standard InChI is InChI=1S/C23H21ClN6O4/c1-34-20-5-3-2-4-16(20)14-30(23(32)33)9-8-15-6-7-17(10-19(15)24)28-22(31)29-21-13-26-18(11-25)12-27-21/h2-7,10,12-13H,8-9,14H2,1H3,(H,32,33)(H2,27,28,29,31). The normalized spacial score (nSPS) is 10.1. The van der Waals surface area contributed by atoms with E-state index in [0.717, 1.165) is 11.1 Å². The van der Waals surface area contributed by atoms with Gasteiger partial charge < -0.3 is 20.1 Å². The number of amides is 3. The monoisotopic (exact) mass is 480 g/mol. The maximum absolute atomic E-state index is 12.2. The molecule has 0 saturated heterocycles.